The lowest BCUT2D eigenvalue weighted by molar-refractivity contribution is 0.122. The van der Waals surface area contributed by atoms with Crippen molar-refractivity contribution >= 4 is 50.0 Å². The number of carbonyl (C=O) groups excluding carboxylic acids is 1. The lowest BCUT2D eigenvalue weighted by Gasteiger charge is -2.28. The van der Waals surface area contributed by atoms with E-state index in [0.29, 0.717) is 60.3 Å². The molecule has 3 N–H and O–H groups in total. The largest absolute Gasteiger partial charge is 0.506 e. The van der Waals surface area contributed by atoms with Gasteiger partial charge in [0.25, 0.3) is 5.88 Å². The van der Waals surface area contributed by atoms with E-state index >= 15 is 0 Å². The Morgan fingerprint density at radius 1 is 1.06 bits per heavy atom. The number of carbonyl (C=O) groups is 1. The van der Waals surface area contributed by atoms with Crippen molar-refractivity contribution < 1.29 is 19.4 Å². The molecule has 7 rings (SSSR count). The zero-order chi connectivity index (χ0) is 32.9. The fraction of sp³-hybridized carbons (Fsp3) is 0.265. The molecule has 0 saturated carbocycles. The Bertz CT molecular complexity index is 2110. The lowest BCUT2D eigenvalue weighted by Crippen LogP contribution is -2.44. The predicted octanol–water partition coefficient (Wildman–Crippen LogP) is 6.91. The number of hydrogen-bond acceptors (Lipinski definition) is 8. The maximum Gasteiger partial charge on any atom is 0.335 e. The van der Waals surface area contributed by atoms with Crippen LogP contribution >= 0.6 is 22.9 Å². The number of nitrogens with two attached hydrogens (primary N) is 1. The van der Waals surface area contributed by atoms with Crippen molar-refractivity contribution in [2.45, 2.75) is 32.7 Å². The smallest absolute Gasteiger partial charge is 0.335 e. The van der Waals surface area contributed by atoms with Crippen LogP contribution in [0.4, 0.5) is 10.6 Å². The number of aromatic nitrogens is 4. The Hall–Kier alpha value is -4.78. The molecule has 0 atom stereocenters. The van der Waals surface area contributed by atoms with E-state index in [1.165, 1.54) is 9.80 Å². The quantitative estimate of drug-likeness (QED) is 0.189. The minimum absolute atomic E-state index is 0.0514. The topological polar surface area (TPSA) is 123 Å². The summed E-state index contributed by atoms with van der Waals surface area (Å²) in [4.78, 5) is 22.4. The Kier molecular flexibility index (Phi) is 7.95. The van der Waals surface area contributed by atoms with Crippen molar-refractivity contribution in [3.63, 3.8) is 0 Å². The molecular weight excluding hydrogens is 638 g/mol. The molecule has 13 heteroatoms. The fourth-order valence-electron chi connectivity index (χ4n) is 5.83. The van der Waals surface area contributed by atoms with Crippen LogP contribution in [0.3, 0.4) is 0 Å². The van der Waals surface area contributed by atoms with Gasteiger partial charge in [0.15, 0.2) is 10.8 Å². The number of aromatic hydroxyl groups is 1. The SMILES string of the molecule is CC(C)(C)c1nn(N(Cc2ccccc2Oc2nc3sc4ccccc4n3c2N2CCOCC2)C(N)=O)cc1-c1cccc(Cl)c1O. The number of nitrogens with zero attached hydrogens (tertiary/aromatic N) is 6. The third-order valence-electron chi connectivity index (χ3n) is 8.10. The Balaban J connectivity index is 1.28. The van der Waals surface area contributed by atoms with E-state index in [1.54, 1.807) is 35.7 Å². The highest BCUT2D eigenvalue weighted by atomic mass is 35.5. The minimum atomic E-state index is -0.715. The zero-order valence-corrected chi connectivity index (χ0v) is 27.8. The first-order chi connectivity index (χ1) is 22.6. The number of ether oxygens (including phenoxy) is 2. The number of morpholine rings is 1. The Labute approximate surface area is 280 Å². The number of phenols is 1. The molecule has 0 unspecified atom stereocenters. The summed E-state index contributed by atoms with van der Waals surface area (Å²) in [6.45, 7) is 8.68. The van der Waals surface area contributed by atoms with Gasteiger partial charge in [0, 0.05) is 35.2 Å². The van der Waals surface area contributed by atoms with Crippen LogP contribution in [0.1, 0.15) is 32.0 Å². The van der Waals surface area contributed by atoms with E-state index in [9.17, 15) is 9.90 Å². The Morgan fingerprint density at radius 2 is 1.81 bits per heavy atom. The number of urea groups is 1. The van der Waals surface area contributed by atoms with Gasteiger partial charge in [0.2, 0.25) is 0 Å². The number of hydrogen-bond donors (Lipinski definition) is 2. The highest BCUT2D eigenvalue weighted by molar-refractivity contribution is 7.23. The van der Waals surface area contributed by atoms with Crippen molar-refractivity contribution in [2.24, 2.45) is 5.73 Å². The number of amides is 2. The standard InChI is InChI=1S/C34H34ClN7O4S/c1-34(2,3)29-23(22-10-8-11-24(35)28(22)43)20-41(38-29)40(32(36)44)19-21-9-4-6-13-26(21)46-30-31(39-15-17-45-18-16-39)42-25-12-5-7-14-27(25)47-33(42)37-30/h4-14,20,43H,15-19H2,1-3H3,(H2,36,44). The second-order valence-corrected chi connectivity index (χ2v) is 13.7. The fourth-order valence-corrected chi connectivity index (χ4v) is 7.01. The summed E-state index contributed by atoms with van der Waals surface area (Å²) >= 11 is 7.86. The van der Waals surface area contributed by atoms with E-state index in [4.69, 9.17) is 36.9 Å². The number of fused-ring (bicyclic) bond motifs is 3. The average Bonchev–Trinajstić information content (AvgIpc) is 3.74. The van der Waals surface area contributed by atoms with E-state index in [2.05, 4.69) is 21.4 Å². The molecule has 6 aromatic rings. The summed E-state index contributed by atoms with van der Waals surface area (Å²) < 4.78 is 15.5. The first-order valence-electron chi connectivity index (χ1n) is 15.2. The van der Waals surface area contributed by atoms with Crippen LogP contribution < -0.4 is 20.4 Å². The van der Waals surface area contributed by atoms with Gasteiger partial charge in [-0.05, 0) is 24.3 Å². The van der Waals surface area contributed by atoms with Crippen molar-refractivity contribution in [1.29, 1.82) is 0 Å². The first kappa shape index (κ1) is 30.9. The summed E-state index contributed by atoms with van der Waals surface area (Å²) in [5.41, 5.74) is 9.08. The van der Waals surface area contributed by atoms with Gasteiger partial charge in [-0.3, -0.25) is 4.40 Å². The predicted molar refractivity (Wildman–Crippen MR) is 185 cm³/mol. The number of para-hydroxylation sites is 3. The van der Waals surface area contributed by atoms with Gasteiger partial charge >= 0.3 is 6.03 Å². The molecular formula is C34H34ClN7O4S. The van der Waals surface area contributed by atoms with E-state index in [1.807, 2.05) is 57.2 Å². The molecule has 1 saturated heterocycles. The first-order valence-corrected chi connectivity index (χ1v) is 16.4. The highest BCUT2D eigenvalue weighted by Gasteiger charge is 2.29. The normalized spacial score (nSPS) is 13.8. The van der Waals surface area contributed by atoms with Crippen molar-refractivity contribution in [3.05, 3.63) is 89.2 Å². The van der Waals surface area contributed by atoms with Gasteiger partial charge in [-0.1, -0.05) is 86.2 Å². The number of phenolic OH excluding ortho intramolecular Hbond substituents is 1. The monoisotopic (exact) mass is 671 g/mol. The number of primary amides is 1. The number of halogens is 1. The number of anilines is 1. The third-order valence-corrected chi connectivity index (χ3v) is 9.43. The van der Waals surface area contributed by atoms with E-state index in [0.717, 1.165) is 21.0 Å². The van der Waals surface area contributed by atoms with Gasteiger partial charge in [-0.15, -0.1) is 0 Å². The number of thiazole rings is 1. The summed E-state index contributed by atoms with van der Waals surface area (Å²) in [5.74, 6) is 1.79. The van der Waals surface area contributed by atoms with Crippen LogP contribution in [0.2, 0.25) is 5.02 Å². The summed E-state index contributed by atoms with van der Waals surface area (Å²) in [6.07, 6.45) is 1.69. The summed E-state index contributed by atoms with van der Waals surface area (Å²) in [7, 11) is 0. The molecule has 0 spiro atoms. The van der Waals surface area contributed by atoms with Crippen LogP contribution in [0.15, 0.2) is 72.9 Å². The van der Waals surface area contributed by atoms with Crippen molar-refractivity contribution in [2.75, 3.05) is 36.2 Å². The average molecular weight is 672 g/mol. The van der Waals surface area contributed by atoms with Crippen LogP contribution in [0.5, 0.6) is 17.4 Å². The molecule has 2 amide bonds. The number of imidazole rings is 1. The van der Waals surface area contributed by atoms with Crippen LogP contribution in [0.25, 0.3) is 26.3 Å². The van der Waals surface area contributed by atoms with E-state index < -0.39 is 11.4 Å². The molecule has 11 nitrogen and oxygen atoms in total. The highest BCUT2D eigenvalue weighted by Crippen LogP contribution is 2.41. The molecule has 242 valence electrons. The molecule has 47 heavy (non-hydrogen) atoms. The minimum Gasteiger partial charge on any atom is -0.506 e. The second kappa shape index (κ2) is 12.1. The van der Waals surface area contributed by atoms with Gasteiger partial charge in [-0.2, -0.15) is 14.9 Å². The number of benzene rings is 3. The van der Waals surface area contributed by atoms with Crippen LogP contribution in [0, 0.1) is 0 Å². The zero-order valence-electron chi connectivity index (χ0n) is 26.2. The third kappa shape index (κ3) is 5.73. The van der Waals surface area contributed by atoms with Gasteiger partial charge < -0.3 is 25.2 Å². The van der Waals surface area contributed by atoms with Gasteiger partial charge in [-0.25, -0.2) is 9.80 Å². The van der Waals surface area contributed by atoms with Crippen LogP contribution in [-0.4, -0.2) is 56.7 Å². The molecule has 1 fully saturated rings. The maximum absolute atomic E-state index is 13.0. The molecule has 1 aliphatic heterocycles. The molecule has 3 aromatic carbocycles. The molecule has 3 aromatic heterocycles. The van der Waals surface area contributed by atoms with Crippen LogP contribution in [-0.2, 0) is 16.7 Å². The van der Waals surface area contributed by atoms with Gasteiger partial charge in [0.05, 0.1) is 46.9 Å². The van der Waals surface area contributed by atoms with E-state index in [-0.39, 0.29) is 17.3 Å². The number of rotatable bonds is 7. The molecule has 0 aliphatic carbocycles. The summed E-state index contributed by atoms with van der Waals surface area (Å²) in [5, 5.41) is 17.2. The lowest BCUT2D eigenvalue weighted by atomic mass is 9.87. The maximum atomic E-state index is 13.0. The molecule has 0 radical (unpaired) electrons. The Morgan fingerprint density at radius 3 is 2.57 bits per heavy atom. The molecule has 4 heterocycles. The van der Waals surface area contributed by atoms with Gasteiger partial charge in [0.1, 0.15) is 11.5 Å². The molecule has 1 aliphatic rings. The summed E-state index contributed by atoms with van der Waals surface area (Å²) in [6, 6.07) is 20.1. The second-order valence-electron chi connectivity index (χ2n) is 12.3. The van der Waals surface area contributed by atoms with Crippen molar-refractivity contribution in [3.8, 4) is 28.5 Å². The molecule has 0 bridgehead atoms. The van der Waals surface area contributed by atoms with Crippen molar-refractivity contribution in [1.82, 2.24) is 19.3 Å².